The molecule has 38 heavy (non-hydrogen) atoms. The monoisotopic (exact) mass is 595 g/mol. The van der Waals surface area contributed by atoms with Crippen LogP contribution in [-0.4, -0.2) is 44.3 Å². The van der Waals surface area contributed by atoms with Crippen LogP contribution in [0.5, 0.6) is 0 Å². The number of sulfonamides is 1. The van der Waals surface area contributed by atoms with Crippen molar-refractivity contribution in [3.8, 4) is 0 Å². The van der Waals surface area contributed by atoms with Gasteiger partial charge < -0.3 is 10.2 Å². The van der Waals surface area contributed by atoms with Crippen molar-refractivity contribution in [1.29, 1.82) is 0 Å². The molecule has 0 fully saturated rings. The summed E-state index contributed by atoms with van der Waals surface area (Å²) in [7, 11) is -4.19. The van der Waals surface area contributed by atoms with Gasteiger partial charge in [-0.1, -0.05) is 78.1 Å². The van der Waals surface area contributed by atoms with Crippen LogP contribution < -0.4 is 9.62 Å². The van der Waals surface area contributed by atoms with Gasteiger partial charge in [0.25, 0.3) is 10.0 Å². The van der Waals surface area contributed by atoms with Gasteiger partial charge in [-0.3, -0.25) is 13.9 Å². The van der Waals surface area contributed by atoms with E-state index in [-0.39, 0.29) is 28.1 Å². The molecule has 0 aromatic heterocycles. The number of carbonyl (C=O) groups is 2. The number of likely N-dealkylation sites (N-methyl/N-ethyl adjacent to an activating group) is 1. The van der Waals surface area contributed by atoms with Gasteiger partial charge in [-0.05, 0) is 55.3 Å². The zero-order valence-electron chi connectivity index (χ0n) is 20.9. The summed E-state index contributed by atoms with van der Waals surface area (Å²) in [6.45, 7) is 3.35. The van der Waals surface area contributed by atoms with Crippen molar-refractivity contribution in [2.75, 3.05) is 17.4 Å². The van der Waals surface area contributed by atoms with Gasteiger partial charge in [0.1, 0.15) is 12.6 Å². The maximum absolute atomic E-state index is 13.9. The summed E-state index contributed by atoms with van der Waals surface area (Å²) in [6.07, 6.45) is 0.302. The quantitative estimate of drug-likeness (QED) is 0.304. The molecule has 2 amide bonds. The molecule has 1 N–H and O–H groups in total. The summed E-state index contributed by atoms with van der Waals surface area (Å²) in [4.78, 5) is 28.2. The van der Waals surface area contributed by atoms with E-state index >= 15 is 0 Å². The average Bonchev–Trinajstić information content (AvgIpc) is 2.90. The highest BCUT2D eigenvalue weighted by molar-refractivity contribution is 7.92. The van der Waals surface area contributed by atoms with E-state index in [4.69, 9.17) is 34.8 Å². The number of para-hydroxylation sites is 1. The molecule has 0 bridgehead atoms. The lowest BCUT2D eigenvalue weighted by Gasteiger charge is -2.33. The first-order valence-corrected chi connectivity index (χ1v) is 14.5. The molecule has 0 radical (unpaired) electrons. The van der Waals surface area contributed by atoms with Crippen LogP contribution in [0.4, 0.5) is 5.69 Å². The zero-order valence-corrected chi connectivity index (χ0v) is 24.0. The summed E-state index contributed by atoms with van der Waals surface area (Å²) in [6, 6.07) is 18.2. The van der Waals surface area contributed by atoms with Crippen molar-refractivity contribution in [3.05, 3.63) is 93.4 Å². The molecule has 3 rings (SSSR count). The number of hydrogen-bond donors (Lipinski definition) is 1. The molecule has 3 aromatic carbocycles. The molecule has 11 heteroatoms. The van der Waals surface area contributed by atoms with Gasteiger partial charge in [0, 0.05) is 13.1 Å². The summed E-state index contributed by atoms with van der Waals surface area (Å²) in [5.74, 6) is -0.938. The number of carbonyl (C=O) groups excluding carboxylic acids is 2. The molecular weight excluding hydrogens is 569 g/mol. The van der Waals surface area contributed by atoms with Crippen LogP contribution in [0.25, 0.3) is 0 Å². The van der Waals surface area contributed by atoms with Crippen LogP contribution in [0, 0.1) is 0 Å². The third kappa shape index (κ3) is 6.99. The Kier molecular flexibility index (Phi) is 10.4. The van der Waals surface area contributed by atoms with E-state index in [1.165, 1.54) is 23.1 Å². The van der Waals surface area contributed by atoms with Crippen LogP contribution in [0.2, 0.25) is 15.1 Å². The smallest absolute Gasteiger partial charge is 0.264 e. The second kappa shape index (κ2) is 13.3. The highest BCUT2D eigenvalue weighted by Gasteiger charge is 2.34. The lowest BCUT2D eigenvalue weighted by atomic mass is 10.1. The molecule has 202 valence electrons. The van der Waals surface area contributed by atoms with Gasteiger partial charge >= 0.3 is 0 Å². The number of nitrogens with zero attached hydrogens (tertiary/aromatic N) is 2. The Morgan fingerprint density at radius 2 is 1.53 bits per heavy atom. The van der Waals surface area contributed by atoms with Gasteiger partial charge in [0.05, 0.1) is 25.7 Å². The third-order valence-electron chi connectivity index (χ3n) is 5.81. The average molecular weight is 597 g/mol. The molecule has 0 heterocycles. The number of rotatable bonds is 11. The maximum Gasteiger partial charge on any atom is 0.264 e. The lowest BCUT2D eigenvalue weighted by molar-refractivity contribution is -0.140. The number of benzene rings is 3. The number of halogens is 3. The van der Waals surface area contributed by atoms with E-state index in [9.17, 15) is 18.0 Å². The van der Waals surface area contributed by atoms with Crippen molar-refractivity contribution in [2.24, 2.45) is 0 Å². The first kappa shape index (κ1) is 29.8. The Balaban J connectivity index is 2.07. The Morgan fingerprint density at radius 3 is 2.13 bits per heavy atom. The molecule has 0 aliphatic heterocycles. The molecule has 1 atom stereocenters. The molecular formula is C27H28Cl3N3O4S. The fraction of sp³-hybridized carbons (Fsp3) is 0.259. The molecule has 0 saturated carbocycles. The van der Waals surface area contributed by atoms with Crippen LogP contribution >= 0.6 is 34.8 Å². The van der Waals surface area contributed by atoms with Crippen LogP contribution in [-0.2, 0) is 26.2 Å². The van der Waals surface area contributed by atoms with Gasteiger partial charge in [0.2, 0.25) is 11.8 Å². The highest BCUT2D eigenvalue weighted by Crippen LogP contribution is 2.31. The number of amides is 2. The second-order valence-electron chi connectivity index (χ2n) is 8.36. The van der Waals surface area contributed by atoms with Crippen LogP contribution in [0.1, 0.15) is 25.8 Å². The van der Waals surface area contributed by atoms with E-state index < -0.39 is 28.5 Å². The standard InChI is InChI=1S/C27H28Cl3N3O4S/c1-3-24(27(35)31-4-2)32(17-19-14-15-21(28)23(30)16-19)26(34)18-33(25-13-9-8-12-22(25)29)38(36,37)20-10-6-5-7-11-20/h5-16,24H,3-4,17-18H2,1-2H3,(H,31,35)/t24-/m0/s1. The summed E-state index contributed by atoms with van der Waals surface area (Å²) in [5, 5.41) is 3.56. The molecule has 0 saturated heterocycles. The van der Waals surface area contributed by atoms with Crippen molar-refractivity contribution < 1.29 is 18.0 Å². The van der Waals surface area contributed by atoms with Crippen molar-refractivity contribution in [2.45, 2.75) is 37.8 Å². The summed E-state index contributed by atoms with van der Waals surface area (Å²) in [5.41, 5.74) is 0.776. The molecule has 0 aliphatic rings. The van der Waals surface area contributed by atoms with Crippen LogP contribution in [0.3, 0.4) is 0 Å². The van der Waals surface area contributed by atoms with Crippen molar-refractivity contribution in [3.63, 3.8) is 0 Å². The highest BCUT2D eigenvalue weighted by atomic mass is 35.5. The Labute approximate surface area is 238 Å². The van der Waals surface area contributed by atoms with Crippen molar-refractivity contribution in [1.82, 2.24) is 10.2 Å². The van der Waals surface area contributed by atoms with E-state index in [1.54, 1.807) is 68.4 Å². The number of nitrogens with one attached hydrogen (secondary N) is 1. The second-order valence-corrected chi connectivity index (χ2v) is 11.4. The molecule has 0 spiro atoms. The van der Waals surface area contributed by atoms with Gasteiger partial charge in [-0.15, -0.1) is 0 Å². The predicted octanol–water partition coefficient (Wildman–Crippen LogP) is 5.79. The molecule has 0 aliphatic carbocycles. The van der Waals surface area contributed by atoms with Gasteiger partial charge in [-0.2, -0.15) is 0 Å². The Bertz CT molecular complexity index is 1390. The Hall–Kier alpha value is -2.78. The first-order valence-electron chi connectivity index (χ1n) is 11.9. The molecule has 0 unspecified atom stereocenters. The fourth-order valence-electron chi connectivity index (χ4n) is 3.93. The van der Waals surface area contributed by atoms with E-state index in [0.717, 1.165) is 4.31 Å². The SMILES string of the molecule is CCNC(=O)[C@H](CC)N(Cc1ccc(Cl)c(Cl)c1)C(=O)CN(c1ccccc1Cl)S(=O)(=O)c1ccccc1. The van der Waals surface area contributed by atoms with Gasteiger partial charge in [-0.25, -0.2) is 8.42 Å². The zero-order chi connectivity index (χ0) is 27.9. The normalized spacial score (nSPS) is 12.0. The lowest BCUT2D eigenvalue weighted by Crippen LogP contribution is -2.52. The number of hydrogen-bond acceptors (Lipinski definition) is 4. The predicted molar refractivity (Wildman–Crippen MR) is 152 cm³/mol. The number of anilines is 1. The fourth-order valence-corrected chi connectivity index (χ4v) is 6.00. The Morgan fingerprint density at radius 1 is 0.868 bits per heavy atom. The first-order chi connectivity index (χ1) is 18.1. The summed E-state index contributed by atoms with van der Waals surface area (Å²) >= 11 is 18.7. The minimum Gasteiger partial charge on any atom is -0.355 e. The molecule has 3 aromatic rings. The largest absolute Gasteiger partial charge is 0.355 e. The summed E-state index contributed by atoms with van der Waals surface area (Å²) < 4.78 is 28.5. The third-order valence-corrected chi connectivity index (χ3v) is 8.64. The van der Waals surface area contributed by atoms with Crippen molar-refractivity contribution >= 4 is 62.3 Å². The molecule has 7 nitrogen and oxygen atoms in total. The van der Waals surface area contributed by atoms with Crippen LogP contribution in [0.15, 0.2) is 77.7 Å². The van der Waals surface area contributed by atoms with E-state index in [0.29, 0.717) is 28.6 Å². The van der Waals surface area contributed by atoms with E-state index in [2.05, 4.69) is 5.32 Å². The van der Waals surface area contributed by atoms with E-state index in [1.807, 2.05) is 0 Å². The maximum atomic E-state index is 13.9. The van der Waals surface area contributed by atoms with Gasteiger partial charge in [0.15, 0.2) is 0 Å². The topological polar surface area (TPSA) is 86.8 Å². The minimum absolute atomic E-state index is 0.000444. The minimum atomic E-state index is -4.19.